The van der Waals surface area contributed by atoms with E-state index < -0.39 is 12.0 Å². The van der Waals surface area contributed by atoms with E-state index in [1.807, 2.05) is 17.5 Å². The Balaban J connectivity index is 1.93. The van der Waals surface area contributed by atoms with Crippen LogP contribution in [0.5, 0.6) is 5.75 Å². The number of phenols is 1. The first-order valence-corrected chi connectivity index (χ1v) is 11.6. The number of benzene rings is 1. The molecule has 0 aliphatic carbocycles. The summed E-state index contributed by atoms with van der Waals surface area (Å²) in [7, 11) is 0. The van der Waals surface area contributed by atoms with Crippen molar-refractivity contribution < 1.29 is 14.6 Å². The largest absolute Gasteiger partial charge is 0.507 e. The van der Waals surface area contributed by atoms with Gasteiger partial charge in [0, 0.05) is 4.88 Å². The summed E-state index contributed by atoms with van der Waals surface area (Å²) in [6, 6.07) is 8.24. The number of aromatic hydroxyl groups is 1. The van der Waals surface area contributed by atoms with E-state index in [0.29, 0.717) is 25.1 Å². The van der Waals surface area contributed by atoms with Crippen LogP contribution in [-0.4, -0.2) is 22.2 Å². The van der Waals surface area contributed by atoms with Crippen molar-refractivity contribution in [1.82, 2.24) is 4.57 Å². The number of rotatable bonds is 4. The van der Waals surface area contributed by atoms with Gasteiger partial charge < -0.3 is 9.84 Å². The van der Waals surface area contributed by atoms with Gasteiger partial charge >= 0.3 is 5.97 Å². The number of nitrogens with zero attached hydrogens (tertiary/aromatic N) is 2. The zero-order chi connectivity index (χ0) is 21.4. The predicted molar refractivity (Wildman–Crippen MR) is 121 cm³/mol. The number of carbonyl (C=O) groups excluding carboxylic acids is 1. The van der Waals surface area contributed by atoms with Crippen LogP contribution in [0.15, 0.2) is 61.2 Å². The molecule has 154 valence electrons. The SMILES string of the molecule is CCOC(=O)C1=C(C)N=c2s/c(=C/c3ccc(O)c(Br)c3)c(=O)n2[C@H]1c1cccs1. The number of phenolic OH excluding ortho intramolecular Hbond substituents is 1. The van der Waals surface area contributed by atoms with E-state index in [1.165, 1.54) is 22.7 Å². The lowest BCUT2D eigenvalue weighted by Gasteiger charge is -2.23. The minimum atomic E-state index is -0.575. The fourth-order valence-electron chi connectivity index (χ4n) is 3.27. The minimum absolute atomic E-state index is 0.126. The third-order valence-corrected chi connectivity index (χ3v) is 7.14. The number of hydrogen-bond donors (Lipinski definition) is 1. The van der Waals surface area contributed by atoms with Crippen LogP contribution >= 0.6 is 38.6 Å². The first-order chi connectivity index (χ1) is 14.4. The highest BCUT2D eigenvalue weighted by atomic mass is 79.9. The van der Waals surface area contributed by atoms with E-state index in [1.54, 1.807) is 42.7 Å². The molecule has 9 heteroatoms. The van der Waals surface area contributed by atoms with Crippen molar-refractivity contribution in [2.45, 2.75) is 19.9 Å². The fraction of sp³-hybridized carbons (Fsp3) is 0.190. The van der Waals surface area contributed by atoms with Crippen LogP contribution in [-0.2, 0) is 9.53 Å². The summed E-state index contributed by atoms with van der Waals surface area (Å²) in [5.74, 6) is -0.338. The van der Waals surface area contributed by atoms with Crippen LogP contribution < -0.4 is 14.9 Å². The summed E-state index contributed by atoms with van der Waals surface area (Å²) in [5, 5.41) is 11.6. The standard InChI is InChI=1S/C21H17BrN2O4S2/c1-3-28-20(27)17-11(2)23-21-24(18(17)15-5-4-8-29-15)19(26)16(30-21)10-12-6-7-14(25)13(22)9-12/h4-10,18,25H,3H2,1-2H3/b16-10+/t18-/m0/s1. The minimum Gasteiger partial charge on any atom is -0.507 e. The van der Waals surface area contributed by atoms with Crippen LogP contribution in [0, 0.1) is 0 Å². The average Bonchev–Trinajstić information content (AvgIpc) is 3.33. The van der Waals surface area contributed by atoms with Crippen molar-refractivity contribution in [2.75, 3.05) is 6.61 Å². The van der Waals surface area contributed by atoms with Gasteiger partial charge in [0.15, 0.2) is 4.80 Å². The normalized spacial score (nSPS) is 16.4. The Hall–Kier alpha value is -2.49. The Kier molecular flexibility index (Phi) is 5.77. The summed E-state index contributed by atoms with van der Waals surface area (Å²) in [4.78, 5) is 32.0. The molecule has 30 heavy (non-hydrogen) atoms. The number of fused-ring (bicyclic) bond motifs is 1. The van der Waals surface area contributed by atoms with Gasteiger partial charge in [-0.3, -0.25) is 9.36 Å². The van der Waals surface area contributed by atoms with Gasteiger partial charge in [0.05, 0.1) is 26.9 Å². The van der Waals surface area contributed by atoms with Crippen LogP contribution in [0.3, 0.4) is 0 Å². The number of thiophene rings is 1. The van der Waals surface area contributed by atoms with Gasteiger partial charge in [-0.15, -0.1) is 11.3 Å². The van der Waals surface area contributed by atoms with E-state index in [9.17, 15) is 14.7 Å². The summed E-state index contributed by atoms with van der Waals surface area (Å²) >= 11 is 6.04. The first kappa shape index (κ1) is 20.8. The van der Waals surface area contributed by atoms with Crippen LogP contribution in [0.2, 0.25) is 0 Å². The Morgan fingerprint density at radius 2 is 2.20 bits per heavy atom. The Morgan fingerprint density at radius 1 is 1.40 bits per heavy atom. The summed E-state index contributed by atoms with van der Waals surface area (Å²) < 4.78 is 7.86. The maximum absolute atomic E-state index is 13.4. The molecule has 0 radical (unpaired) electrons. The molecule has 3 aromatic rings. The van der Waals surface area contributed by atoms with Crippen molar-refractivity contribution in [3.8, 4) is 5.75 Å². The molecule has 3 heterocycles. The molecule has 4 rings (SSSR count). The number of esters is 1. The van der Waals surface area contributed by atoms with Gasteiger partial charge in [0.2, 0.25) is 0 Å². The summed E-state index contributed by atoms with van der Waals surface area (Å²) in [6.45, 7) is 3.76. The van der Waals surface area contributed by atoms with Gasteiger partial charge in [-0.1, -0.05) is 23.5 Å². The molecule has 2 aromatic heterocycles. The van der Waals surface area contributed by atoms with Crippen molar-refractivity contribution in [3.05, 3.63) is 81.6 Å². The topological polar surface area (TPSA) is 80.9 Å². The molecule has 1 N–H and O–H groups in total. The van der Waals surface area contributed by atoms with Crippen LogP contribution in [0.4, 0.5) is 0 Å². The monoisotopic (exact) mass is 504 g/mol. The third kappa shape index (κ3) is 3.68. The molecule has 6 nitrogen and oxygen atoms in total. The number of halogens is 1. The van der Waals surface area contributed by atoms with Gasteiger partial charge in [-0.05, 0) is 65.0 Å². The molecule has 1 aromatic carbocycles. The molecule has 0 spiro atoms. The lowest BCUT2D eigenvalue weighted by atomic mass is 10.0. The quantitative estimate of drug-likeness (QED) is 0.552. The second kappa shape index (κ2) is 8.33. The molecule has 0 saturated carbocycles. The molecule has 1 aliphatic heterocycles. The van der Waals surface area contributed by atoms with Crippen molar-refractivity contribution >= 4 is 50.6 Å². The third-order valence-electron chi connectivity index (χ3n) is 4.60. The molecule has 0 unspecified atom stereocenters. The number of thiazole rings is 1. The highest BCUT2D eigenvalue weighted by Crippen LogP contribution is 2.33. The second-order valence-corrected chi connectivity index (χ2v) is 9.37. The molecule has 0 bridgehead atoms. The van der Waals surface area contributed by atoms with Crippen molar-refractivity contribution in [2.24, 2.45) is 4.99 Å². The fourth-order valence-corrected chi connectivity index (χ4v) is 5.54. The van der Waals surface area contributed by atoms with Gasteiger partial charge in [-0.25, -0.2) is 9.79 Å². The van der Waals surface area contributed by atoms with E-state index in [-0.39, 0.29) is 17.9 Å². The molecule has 0 amide bonds. The number of ether oxygens (including phenoxy) is 1. The molecule has 1 atom stereocenters. The molecule has 0 saturated heterocycles. The first-order valence-electron chi connectivity index (χ1n) is 9.12. The maximum atomic E-state index is 13.4. The number of hydrogen-bond acceptors (Lipinski definition) is 7. The van der Waals surface area contributed by atoms with Gasteiger partial charge in [0.25, 0.3) is 5.56 Å². The van der Waals surface area contributed by atoms with Gasteiger partial charge in [-0.2, -0.15) is 0 Å². The van der Waals surface area contributed by atoms with Crippen LogP contribution in [0.25, 0.3) is 6.08 Å². The summed E-state index contributed by atoms with van der Waals surface area (Å²) in [6.07, 6.45) is 1.75. The Morgan fingerprint density at radius 3 is 2.87 bits per heavy atom. The van der Waals surface area contributed by atoms with E-state index in [2.05, 4.69) is 20.9 Å². The van der Waals surface area contributed by atoms with E-state index in [0.717, 1.165) is 10.4 Å². The molecular weight excluding hydrogens is 488 g/mol. The average molecular weight is 505 g/mol. The number of aromatic nitrogens is 1. The van der Waals surface area contributed by atoms with E-state index >= 15 is 0 Å². The summed E-state index contributed by atoms with van der Waals surface area (Å²) in [5.41, 5.74) is 1.47. The molecule has 0 fully saturated rings. The smallest absolute Gasteiger partial charge is 0.338 e. The van der Waals surface area contributed by atoms with Crippen molar-refractivity contribution in [3.63, 3.8) is 0 Å². The van der Waals surface area contributed by atoms with E-state index in [4.69, 9.17) is 4.74 Å². The number of allylic oxidation sites excluding steroid dienone is 1. The van der Waals surface area contributed by atoms with Gasteiger partial charge in [0.1, 0.15) is 11.8 Å². The lowest BCUT2D eigenvalue weighted by Crippen LogP contribution is -2.39. The highest BCUT2D eigenvalue weighted by Gasteiger charge is 2.33. The Labute approximate surface area is 188 Å². The maximum Gasteiger partial charge on any atom is 0.338 e. The highest BCUT2D eigenvalue weighted by molar-refractivity contribution is 9.10. The predicted octanol–water partition coefficient (Wildman–Crippen LogP) is 3.33. The zero-order valence-corrected chi connectivity index (χ0v) is 19.3. The molecular formula is C21H17BrN2O4S2. The van der Waals surface area contributed by atoms with Crippen LogP contribution in [0.1, 0.15) is 30.3 Å². The lowest BCUT2D eigenvalue weighted by molar-refractivity contribution is -0.139. The number of carbonyl (C=O) groups is 1. The zero-order valence-electron chi connectivity index (χ0n) is 16.1. The Bertz CT molecular complexity index is 1340. The van der Waals surface area contributed by atoms with Crippen molar-refractivity contribution in [1.29, 1.82) is 0 Å². The molecule has 1 aliphatic rings. The second-order valence-electron chi connectivity index (χ2n) is 6.53.